The van der Waals surface area contributed by atoms with E-state index in [1.807, 2.05) is 85.0 Å². The van der Waals surface area contributed by atoms with Crippen molar-refractivity contribution in [2.75, 3.05) is 6.54 Å². The molecule has 0 bridgehead atoms. The van der Waals surface area contributed by atoms with E-state index in [9.17, 15) is 9.90 Å². The van der Waals surface area contributed by atoms with Crippen LogP contribution in [0.15, 0.2) is 72.8 Å². The van der Waals surface area contributed by atoms with E-state index in [1.54, 1.807) is 0 Å². The van der Waals surface area contributed by atoms with Crippen LogP contribution in [0, 0.1) is 0 Å². The van der Waals surface area contributed by atoms with E-state index >= 15 is 0 Å². The number of nitrogens with two attached hydrogens (primary N) is 1. The normalized spacial score (nSPS) is 13.0. The second kappa shape index (κ2) is 9.48. The molecule has 0 saturated heterocycles. The molecule has 0 spiro atoms. The number of quaternary nitrogens is 1. The molecule has 4 heteroatoms. The third kappa shape index (κ3) is 4.70. The van der Waals surface area contributed by atoms with Crippen molar-refractivity contribution in [1.82, 2.24) is 0 Å². The molecule has 3 N–H and O–H groups in total. The average Bonchev–Trinajstić information content (AvgIpc) is 2.67. The smallest absolute Gasteiger partial charge is 0.169 e. The lowest BCUT2D eigenvalue weighted by Gasteiger charge is -2.17. The van der Waals surface area contributed by atoms with Gasteiger partial charge in [0.05, 0.1) is 13.0 Å². The summed E-state index contributed by atoms with van der Waals surface area (Å²) in [5.74, 6) is 0.148. The molecule has 3 nitrogen and oxygen atoms in total. The van der Waals surface area contributed by atoms with E-state index < -0.39 is 6.10 Å². The second-order valence-electron chi connectivity index (χ2n) is 6.44. The van der Waals surface area contributed by atoms with Gasteiger partial charge in [-0.05, 0) is 23.3 Å². The van der Waals surface area contributed by atoms with Gasteiger partial charge in [-0.1, -0.05) is 72.8 Å². The molecule has 26 heavy (non-hydrogen) atoms. The van der Waals surface area contributed by atoms with Gasteiger partial charge in [0.25, 0.3) is 0 Å². The first-order chi connectivity index (χ1) is 12.2. The molecule has 0 aliphatic carbocycles. The Labute approximate surface area is 160 Å². The highest BCUT2D eigenvalue weighted by atomic mass is 35.5. The summed E-state index contributed by atoms with van der Waals surface area (Å²) in [5.41, 5.74) is 1.69. The van der Waals surface area contributed by atoms with Crippen LogP contribution < -0.4 is 17.7 Å². The van der Waals surface area contributed by atoms with Gasteiger partial charge < -0.3 is 22.8 Å². The number of benzene rings is 3. The Morgan fingerprint density at radius 1 is 0.962 bits per heavy atom. The number of fused-ring (bicyclic) bond motifs is 1. The van der Waals surface area contributed by atoms with Crippen molar-refractivity contribution in [2.24, 2.45) is 0 Å². The van der Waals surface area contributed by atoms with Crippen molar-refractivity contribution < 1.29 is 27.6 Å². The molecular formula is C22H24ClNO2. The Kier molecular flexibility index (Phi) is 7.34. The lowest BCUT2D eigenvalue weighted by atomic mass is 9.99. The van der Waals surface area contributed by atoms with E-state index in [-0.39, 0.29) is 24.2 Å². The zero-order valence-corrected chi connectivity index (χ0v) is 15.6. The van der Waals surface area contributed by atoms with E-state index in [0.717, 1.165) is 21.9 Å². The summed E-state index contributed by atoms with van der Waals surface area (Å²) in [6.07, 6.45) is -0.0753. The summed E-state index contributed by atoms with van der Waals surface area (Å²) >= 11 is 0. The monoisotopic (exact) mass is 369 g/mol. The number of rotatable bonds is 7. The molecule has 3 aromatic rings. The Balaban J connectivity index is 0.00000243. The molecule has 0 saturated carbocycles. The summed E-state index contributed by atoms with van der Waals surface area (Å²) in [5, 5.41) is 14.5. The van der Waals surface area contributed by atoms with Gasteiger partial charge >= 0.3 is 0 Å². The summed E-state index contributed by atoms with van der Waals surface area (Å²) in [4.78, 5) is 12.6. The molecule has 0 aliphatic heterocycles. The van der Waals surface area contributed by atoms with E-state index in [4.69, 9.17) is 0 Å². The summed E-state index contributed by atoms with van der Waals surface area (Å²) in [7, 11) is 0. The summed E-state index contributed by atoms with van der Waals surface area (Å²) in [6, 6.07) is 23.5. The number of aliphatic hydroxyl groups is 1. The number of carbonyl (C=O) groups is 1. The lowest BCUT2D eigenvalue weighted by molar-refractivity contribution is -0.693. The molecule has 0 radical (unpaired) electrons. The second-order valence-corrected chi connectivity index (χ2v) is 6.44. The predicted molar refractivity (Wildman–Crippen MR) is 101 cm³/mol. The largest absolute Gasteiger partial charge is 1.00 e. The van der Waals surface area contributed by atoms with Crippen molar-refractivity contribution in [3.8, 4) is 0 Å². The van der Waals surface area contributed by atoms with Crippen LogP contribution in [0.25, 0.3) is 10.8 Å². The van der Waals surface area contributed by atoms with Crippen LogP contribution in [0.2, 0.25) is 0 Å². The molecule has 2 unspecified atom stereocenters. The number of hydrogen-bond donors (Lipinski definition) is 2. The molecule has 0 heterocycles. The fourth-order valence-corrected chi connectivity index (χ4v) is 3.16. The van der Waals surface area contributed by atoms with Gasteiger partial charge in [-0.3, -0.25) is 4.79 Å². The zero-order chi connectivity index (χ0) is 17.6. The molecule has 0 amide bonds. The standard InChI is InChI=1S/C22H23NO2.ClH/c1-16(22(25)18-9-3-2-4-10-18)23-15-14-21(24)20-13-7-11-17-8-5-6-12-19(17)20;/h2-13,16,22-23,25H,14-15H2,1H3;1H. The third-order valence-corrected chi connectivity index (χ3v) is 4.64. The Hall–Kier alpha value is -2.20. The Bertz CT molecular complexity index is 846. The maximum absolute atomic E-state index is 12.6. The highest BCUT2D eigenvalue weighted by Crippen LogP contribution is 2.19. The van der Waals surface area contributed by atoms with Crippen molar-refractivity contribution in [3.05, 3.63) is 83.9 Å². The first kappa shape index (κ1) is 20.1. The topological polar surface area (TPSA) is 53.9 Å². The summed E-state index contributed by atoms with van der Waals surface area (Å²) < 4.78 is 0. The Morgan fingerprint density at radius 2 is 1.62 bits per heavy atom. The van der Waals surface area contributed by atoms with Crippen molar-refractivity contribution >= 4 is 16.6 Å². The van der Waals surface area contributed by atoms with Crippen LogP contribution in [-0.4, -0.2) is 23.5 Å². The SMILES string of the molecule is CC([NH2+]CCC(=O)c1cccc2ccccc12)C(O)c1ccccc1.[Cl-]. The van der Waals surface area contributed by atoms with E-state index in [0.29, 0.717) is 13.0 Å². The molecule has 3 rings (SSSR count). The van der Waals surface area contributed by atoms with Crippen molar-refractivity contribution in [1.29, 1.82) is 0 Å². The van der Waals surface area contributed by atoms with Crippen LogP contribution in [0.5, 0.6) is 0 Å². The number of halogens is 1. The van der Waals surface area contributed by atoms with Gasteiger partial charge in [-0.15, -0.1) is 0 Å². The minimum atomic E-state index is -0.533. The Morgan fingerprint density at radius 3 is 2.38 bits per heavy atom. The molecular weight excluding hydrogens is 346 g/mol. The fourth-order valence-electron chi connectivity index (χ4n) is 3.16. The number of ketones is 1. The molecule has 0 aromatic heterocycles. The van der Waals surface area contributed by atoms with Gasteiger partial charge in [0.2, 0.25) is 0 Å². The third-order valence-electron chi connectivity index (χ3n) is 4.64. The first-order valence-corrected chi connectivity index (χ1v) is 8.74. The minimum absolute atomic E-state index is 0. The molecule has 136 valence electrons. The maximum Gasteiger partial charge on any atom is 0.169 e. The molecule has 3 aromatic carbocycles. The van der Waals surface area contributed by atoms with Crippen molar-refractivity contribution in [2.45, 2.75) is 25.5 Å². The van der Waals surface area contributed by atoms with Crippen LogP contribution in [0.3, 0.4) is 0 Å². The van der Waals surface area contributed by atoms with E-state index in [2.05, 4.69) is 0 Å². The predicted octanol–water partition coefficient (Wildman–Crippen LogP) is 0.102. The molecule has 2 atom stereocenters. The lowest BCUT2D eigenvalue weighted by Crippen LogP contribution is -3.00. The van der Waals surface area contributed by atoms with Gasteiger partial charge in [-0.2, -0.15) is 0 Å². The quantitative estimate of drug-likeness (QED) is 0.580. The average molecular weight is 370 g/mol. The molecule has 0 aliphatic rings. The molecule has 0 fully saturated rings. The first-order valence-electron chi connectivity index (χ1n) is 8.74. The number of aliphatic hydroxyl groups excluding tert-OH is 1. The van der Waals surface area contributed by atoms with Crippen LogP contribution in [-0.2, 0) is 0 Å². The van der Waals surface area contributed by atoms with Crippen LogP contribution >= 0.6 is 0 Å². The van der Waals surface area contributed by atoms with Gasteiger partial charge in [0.15, 0.2) is 5.78 Å². The maximum atomic E-state index is 12.6. The highest BCUT2D eigenvalue weighted by Gasteiger charge is 2.19. The highest BCUT2D eigenvalue weighted by molar-refractivity contribution is 6.08. The van der Waals surface area contributed by atoms with Gasteiger partial charge in [-0.25, -0.2) is 0 Å². The minimum Gasteiger partial charge on any atom is -1.00 e. The van der Waals surface area contributed by atoms with Gasteiger partial charge in [0, 0.05) is 5.56 Å². The zero-order valence-electron chi connectivity index (χ0n) is 14.8. The van der Waals surface area contributed by atoms with Crippen LogP contribution in [0.4, 0.5) is 0 Å². The number of hydrogen-bond acceptors (Lipinski definition) is 2. The number of carbonyl (C=O) groups excluding carboxylic acids is 1. The fraction of sp³-hybridized carbons (Fsp3) is 0.227. The van der Waals surface area contributed by atoms with Crippen LogP contribution in [0.1, 0.15) is 35.4 Å². The van der Waals surface area contributed by atoms with Crippen molar-refractivity contribution in [3.63, 3.8) is 0 Å². The number of Topliss-reactive ketones (excluding diaryl/α,β-unsaturated/α-hetero) is 1. The van der Waals surface area contributed by atoms with Gasteiger partial charge in [0.1, 0.15) is 12.1 Å². The van der Waals surface area contributed by atoms with E-state index in [1.165, 1.54) is 0 Å². The summed E-state index contributed by atoms with van der Waals surface area (Å²) in [6.45, 7) is 2.65.